The fourth-order valence-corrected chi connectivity index (χ4v) is 11.8. The first-order valence-corrected chi connectivity index (χ1v) is 38.5. The molecule has 0 radical (unpaired) electrons. The third kappa shape index (κ3) is 61.3. The molecular weight excluding hydrogens is 1150 g/mol. The molecule has 0 aliphatic rings. The number of rotatable bonds is 67. The molecule has 0 rings (SSSR count). The van der Waals surface area contributed by atoms with Crippen LogP contribution < -0.4 is 0 Å². The van der Waals surface area contributed by atoms with E-state index < -0.39 is 97.5 Å². The fourth-order valence-electron chi connectivity index (χ4n) is 10.2. The van der Waals surface area contributed by atoms with Crippen molar-refractivity contribution >= 4 is 39.5 Å². The minimum Gasteiger partial charge on any atom is -0.462 e. The van der Waals surface area contributed by atoms with Gasteiger partial charge in [0.15, 0.2) is 12.2 Å². The lowest BCUT2D eigenvalue weighted by Gasteiger charge is -2.21. The Bertz CT molecular complexity index is 1700. The van der Waals surface area contributed by atoms with Crippen LogP contribution in [0.1, 0.15) is 343 Å². The van der Waals surface area contributed by atoms with Crippen molar-refractivity contribution in [1.29, 1.82) is 0 Å². The largest absolute Gasteiger partial charge is 0.472 e. The van der Waals surface area contributed by atoms with Gasteiger partial charge in [-0.15, -0.1) is 0 Å². The number of unbranched alkanes of at least 4 members (excludes halogenated alkanes) is 36. The van der Waals surface area contributed by atoms with Crippen molar-refractivity contribution in [2.75, 3.05) is 39.6 Å². The van der Waals surface area contributed by atoms with Crippen molar-refractivity contribution in [2.45, 2.75) is 362 Å². The second kappa shape index (κ2) is 60.3. The number of carbonyl (C=O) groups excluding carboxylic acids is 4. The van der Waals surface area contributed by atoms with Gasteiger partial charge < -0.3 is 33.8 Å². The third-order valence-corrected chi connectivity index (χ3v) is 18.0. The normalized spacial score (nSPS) is 14.5. The van der Waals surface area contributed by atoms with E-state index in [-0.39, 0.29) is 25.7 Å². The second-order valence-corrected chi connectivity index (χ2v) is 28.2. The average molecular weight is 1280 g/mol. The van der Waals surface area contributed by atoms with Crippen LogP contribution in [0.25, 0.3) is 0 Å². The first-order chi connectivity index (χ1) is 41.9. The molecule has 17 nitrogen and oxygen atoms in total. The van der Waals surface area contributed by atoms with Crippen LogP contribution in [0.3, 0.4) is 0 Å². The molecule has 0 saturated carbocycles. The summed E-state index contributed by atoms with van der Waals surface area (Å²) < 4.78 is 68.2. The van der Waals surface area contributed by atoms with Crippen LogP contribution in [0.15, 0.2) is 0 Å². The lowest BCUT2D eigenvalue weighted by atomic mass is 9.99. The van der Waals surface area contributed by atoms with Crippen LogP contribution in [0, 0.1) is 11.8 Å². The standard InChI is InChI=1S/C68H132O17P2/c1-7-10-12-14-16-18-20-22-23-25-27-33-41-47-53-68(73)84-63(56-78-65(70)50-44-38-31-29-28-30-37-43-49-61(6)9-3)58-82-86(74,75)80-54-62(69)55-81-87(76,77)83-59-64(57-79-66(71)51-45-39-35-34-36-42-48-60(4)5)85-67(72)52-46-40-32-26-24-21-19-17-15-13-11-8-2/h60-64,69H,7-59H2,1-6H3,(H,74,75)(H,76,77)/t61?,62-,63-,64-/m1/s1. The molecule has 3 N–H and O–H groups in total. The monoisotopic (exact) mass is 1280 g/mol. The molecule has 0 heterocycles. The zero-order valence-electron chi connectivity index (χ0n) is 56.3. The predicted molar refractivity (Wildman–Crippen MR) is 349 cm³/mol. The van der Waals surface area contributed by atoms with Gasteiger partial charge in [0, 0.05) is 25.7 Å². The smallest absolute Gasteiger partial charge is 0.462 e. The molecule has 0 aromatic carbocycles. The topological polar surface area (TPSA) is 237 Å². The van der Waals surface area contributed by atoms with Crippen molar-refractivity contribution < 1.29 is 80.2 Å². The molecule has 0 aromatic heterocycles. The molecule has 0 spiro atoms. The SMILES string of the molecule is CCCCCCCCCCCCCCCCC(=O)O[C@H](COC(=O)CCCCCCCCCCC(C)CC)COP(=O)(O)OC[C@@H](O)COP(=O)(O)OC[C@@H](COC(=O)CCCCCCCCC(C)C)OC(=O)CCCCCCCCCCCCCC. The van der Waals surface area contributed by atoms with Crippen molar-refractivity contribution in [1.82, 2.24) is 0 Å². The van der Waals surface area contributed by atoms with Gasteiger partial charge in [0.25, 0.3) is 0 Å². The summed E-state index contributed by atoms with van der Waals surface area (Å²) in [6.45, 7) is 9.46. The van der Waals surface area contributed by atoms with E-state index in [1.807, 2.05) is 0 Å². The maximum absolute atomic E-state index is 13.0. The molecule has 87 heavy (non-hydrogen) atoms. The Morgan fingerprint density at radius 2 is 0.586 bits per heavy atom. The number of phosphoric acid groups is 2. The van der Waals surface area contributed by atoms with Crippen molar-refractivity contribution in [3.8, 4) is 0 Å². The molecule has 0 aromatic rings. The number of aliphatic hydroxyl groups is 1. The number of hydrogen-bond acceptors (Lipinski definition) is 15. The number of esters is 4. The van der Waals surface area contributed by atoms with E-state index in [9.17, 15) is 43.2 Å². The Kier molecular flexibility index (Phi) is 59.0. The third-order valence-electron chi connectivity index (χ3n) is 16.1. The summed E-state index contributed by atoms with van der Waals surface area (Å²) >= 11 is 0. The Morgan fingerprint density at radius 1 is 0.333 bits per heavy atom. The summed E-state index contributed by atoms with van der Waals surface area (Å²) in [5.74, 6) is -0.670. The summed E-state index contributed by atoms with van der Waals surface area (Å²) in [4.78, 5) is 72.4. The lowest BCUT2D eigenvalue weighted by Crippen LogP contribution is -2.30. The first-order valence-electron chi connectivity index (χ1n) is 35.5. The summed E-state index contributed by atoms with van der Waals surface area (Å²) in [6.07, 6.45) is 44.4. The summed E-state index contributed by atoms with van der Waals surface area (Å²) in [6, 6.07) is 0. The number of carbonyl (C=O) groups is 4. The van der Waals surface area contributed by atoms with Gasteiger partial charge in [0.1, 0.15) is 19.3 Å². The van der Waals surface area contributed by atoms with E-state index in [2.05, 4.69) is 41.5 Å². The van der Waals surface area contributed by atoms with E-state index >= 15 is 0 Å². The Hall–Kier alpha value is -1.94. The molecule has 0 fully saturated rings. The van der Waals surface area contributed by atoms with Gasteiger partial charge >= 0.3 is 39.5 Å². The molecule has 19 heteroatoms. The molecule has 3 unspecified atom stereocenters. The highest BCUT2D eigenvalue weighted by atomic mass is 31.2. The predicted octanol–water partition coefficient (Wildman–Crippen LogP) is 19.2. The molecule has 0 aliphatic heterocycles. The first kappa shape index (κ1) is 85.1. The van der Waals surface area contributed by atoms with Crippen LogP contribution in [-0.2, 0) is 65.4 Å². The van der Waals surface area contributed by atoms with Crippen LogP contribution in [0.4, 0.5) is 0 Å². The summed E-state index contributed by atoms with van der Waals surface area (Å²) in [5, 5.41) is 10.6. The summed E-state index contributed by atoms with van der Waals surface area (Å²) in [7, 11) is -9.89. The van der Waals surface area contributed by atoms with Gasteiger partial charge in [0.05, 0.1) is 26.4 Å². The molecule has 0 amide bonds. The fraction of sp³-hybridized carbons (Fsp3) is 0.941. The highest BCUT2D eigenvalue weighted by Gasteiger charge is 2.30. The zero-order chi connectivity index (χ0) is 64.3. The van der Waals surface area contributed by atoms with Gasteiger partial charge in [-0.3, -0.25) is 37.3 Å². The molecule has 6 atom stereocenters. The van der Waals surface area contributed by atoms with E-state index in [0.717, 1.165) is 102 Å². The highest BCUT2D eigenvalue weighted by molar-refractivity contribution is 7.47. The van der Waals surface area contributed by atoms with Crippen LogP contribution in [0.2, 0.25) is 0 Å². The molecule has 0 aliphatic carbocycles. The van der Waals surface area contributed by atoms with E-state index in [4.69, 9.17) is 37.0 Å². The maximum atomic E-state index is 13.0. The molecular formula is C68H132O17P2. The molecule has 0 saturated heterocycles. The van der Waals surface area contributed by atoms with E-state index in [1.54, 1.807) is 0 Å². The van der Waals surface area contributed by atoms with Gasteiger partial charge in [-0.1, -0.05) is 292 Å². The van der Waals surface area contributed by atoms with Crippen LogP contribution >= 0.6 is 15.6 Å². The van der Waals surface area contributed by atoms with Crippen LogP contribution in [0.5, 0.6) is 0 Å². The second-order valence-electron chi connectivity index (χ2n) is 25.3. The Morgan fingerprint density at radius 3 is 0.874 bits per heavy atom. The van der Waals surface area contributed by atoms with Crippen molar-refractivity contribution in [3.63, 3.8) is 0 Å². The van der Waals surface area contributed by atoms with Gasteiger partial charge in [-0.25, -0.2) is 9.13 Å². The van der Waals surface area contributed by atoms with Crippen molar-refractivity contribution in [2.24, 2.45) is 11.8 Å². The van der Waals surface area contributed by atoms with Crippen LogP contribution in [-0.4, -0.2) is 96.7 Å². The lowest BCUT2D eigenvalue weighted by molar-refractivity contribution is -0.161. The number of aliphatic hydroxyl groups excluding tert-OH is 1. The molecule has 0 bridgehead atoms. The Balaban J connectivity index is 5.25. The molecule has 516 valence electrons. The number of hydrogen-bond donors (Lipinski definition) is 3. The number of ether oxygens (including phenoxy) is 4. The minimum absolute atomic E-state index is 0.106. The summed E-state index contributed by atoms with van der Waals surface area (Å²) in [5.41, 5.74) is 0. The van der Waals surface area contributed by atoms with E-state index in [0.29, 0.717) is 31.6 Å². The van der Waals surface area contributed by atoms with Crippen molar-refractivity contribution in [3.05, 3.63) is 0 Å². The maximum Gasteiger partial charge on any atom is 0.472 e. The average Bonchev–Trinajstić information content (AvgIpc) is 3.68. The zero-order valence-corrected chi connectivity index (χ0v) is 58.1. The van der Waals surface area contributed by atoms with E-state index in [1.165, 1.54) is 154 Å². The van der Waals surface area contributed by atoms with Gasteiger partial charge in [-0.2, -0.15) is 0 Å². The quantitative estimate of drug-likeness (QED) is 0.0222. The Labute approximate surface area is 530 Å². The minimum atomic E-state index is -4.95. The van der Waals surface area contributed by atoms with Gasteiger partial charge in [0.2, 0.25) is 0 Å². The number of phosphoric ester groups is 2. The van der Waals surface area contributed by atoms with Gasteiger partial charge in [-0.05, 0) is 37.5 Å². The highest BCUT2D eigenvalue weighted by Crippen LogP contribution is 2.45.